The molecule has 1 atom stereocenters. The molecule has 2 rings (SSSR count). The van der Waals surface area contributed by atoms with Crippen molar-refractivity contribution in [1.82, 2.24) is 4.90 Å². The Morgan fingerprint density at radius 3 is 2.40 bits per heavy atom. The first kappa shape index (κ1) is 15.3. The van der Waals surface area contributed by atoms with Gasteiger partial charge in [0.05, 0.1) is 11.7 Å². The molecule has 112 valence electrons. The normalized spacial score (nSPS) is 20.1. The van der Waals surface area contributed by atoms with Gasteiger partial charge in [-0.15, -0.1) is 0 Å². The van der Waals surface area contributed by atoms with Crippen LogP contribution in [0.2, 0.25) is 0 Å². The monoisotopic (exact) mass is 287 g/mol. The van der Waals surface area contributed by atoms with E-state index in [4.69, 9.17) is 0 Å². The van der Waals surface area contributed by atoms with Crippen molar-refractivity contribution in [3.05, 3.63) is 35.4 Å². The molecule has 1 aromatic rings. The molecule has 1 aromatic carbocycles. The van der Waals surface area contributed by atoms with Gasteiger partial charge in [0.25, 0.3) is 0 Å². The summed E-state index contributed by atoms with van der Waals surface area (Å²) in [6.07, 6.45) is -2.95. The van der Waals surface area contributed by atoms with E-state index in [2.05, 4.69) is 0 Å². The number of hydrogen-bond acceptors (Lipinski definition) is 2. The minimum absolute atomic E-state index is 0.268. The molecule has 1 unspecified atom stereocenters. The molecule has 0 aliphatic carbocycles. The summed E-state index contributed by atoms with van der Waals surface area (Å²) in [6.45, 7) is 3.57. The molecule has 1 aliphatic rings. The molecule has 1 N–H and O–H groups in total. The standard InChI is InChI=1S/C15H20F3NO/c1-11(20)12-6-8-19(9-7-12)10-13-4-2-3-5-14(13)15(16,17)18/h2-5,11-12,20H,6-10H2,1H3. The van der Waals surface area contributed by atoms with Gasteiger partial charge in [-0.2, -0.15) is 13.2 Å². The van der Waals surface area contributed by atoms with Crippen molar-refractivity contribution in [2.75, 3.05) is 13.1 Å². The van der Waals surface area contributed by atoms with Gasteiger partial charge >= 0.3 is 6.18 Å². The summed E-state index contributed by atoms with van der Waals surface area (Å²) in [5.74, 6) is 0.268. The first-order valence-electron chi connectivity index (χ1n) is 6.93. The lowest BCUT2D eigenvalue weighted by Crippen LogP contribution is -2.36. The van der Waals surface area contributed by atoms with E-state index in [1.165, 1.54) is 6.07 Å². The second-order valence-corrected chi connectivity index (χ2v) is 5.51. The first-order valence-corrected chi connectivity index (χ1v) is 6.93. The Morgan fingerprint density at radius 2 is 1.85 bits per heavy atom. The van der Waals surface area contributed by atoms with Crippen molar-refractivity contribution < 1.29 is 18.3 Å². The Kier molecular flexibility index (Phi) is 4.70. The van der Waals surface area contributed by atoms with Crippen molar-refractivity contribution in [2.45, 2.75) is 38.6 Å². The van der Waals surface area contributed by atoms with Crippen molar-refractivity contribution in [3.63, 3.8) is 0 Å². The number of piperidine rings is 1. The van der Waals surface area contributed by atoms with E-state index in [9.17, 15) is 18.3 Å². The third kappa shape index (κ3) is 3.73. The SMILES string of the molecule is CC(O)C1CCN(Cc2ccccc2C(F)(F)F)CC1. The van der Waals surface area contributed by atoms with E-state index in [1.807, 2.05) is 4.90 Å². The lowest BCUT2D eigenvalue weighted by Gasteiger charge is -2.33. The van der Waals surface area contributed by atoms with E-state index in [0.717, 1.165) is 32.0 Å². The largest absolute Gasteiger partial charge is 0.416 e. The summed E-state index contributed by atoms with van der Waals surface area (Å²) in [4.78, 5) is 2.03. The topological polar surface area (TPSA) is 23.5 Å². The van der Waals surface area contributed by atoms with E-state index >= 15 is 0 Å². The van der Waals surface area contributed by atoms with Gasteiger partial charge in [0.1, 0.15) is 0 Å². The average molecular weight is 287 g/mol. The van der Waals surface area contributed by atoms with Crippen LogP contribution in [0.1, 0.15) is 30.9 Å². The Balaban J connectivity index is 2.02. The van der Waals surface area contributed by atoms with Crippen molar-refractivity contribution in [1.29, 1.82) is 0 Å². The zero-order valence-corrected chi connectivity index (χ0v) is 11.5. The van der Waals surface area contributed by atoms with E-state index in [-0.39, 0.29) is 12.0 Å². The average Bonchev–Trinajstić information content (AvgIpc) is 2.38. The summed E-state index contributed by atoms with van der Waals surface area (Å²) in [7, 11) is 0. The minimum Gasteiger partial charge on any atom is -0.393 e. The molecule has 0 bridgehead atoms. The van der Waals surface area contributed by atoms with Gasteiger partial charge < -0.3 is 5.11 Å². The summed E-state index contributed by atoms with van der Waals surface area (Å²) in [5, 5.41) is 9.54. The molecule has 5 heteroatoms. The van der Waals surface area contributed by atoms with Gasteiger partial charge in [0, 0.05) is 6.54 Å². The number of rotatable bonds is 3. The van der Waals surface area contributed by atoms with Crippen molar-refractivity contribution in [3.8, 4) is 0 Å². The fraction of sp³-hybridized carbons (Fsp3) is 0.600. The molecule has 0 aromatic heterocycles. The molecule has 20 heavy (non-hydrogen) atoms. The molecule has 0 spiro atoms. The fourth-order valence-electron chi connectivity index (χ4n) is 2.77. The summed E-state index contributed by atoms with van der Waals surface area (Å²) >= 11 is 0. The fourth-order valence-corrected chi connectivity index (χ4v) is 2.77. The number of likely N-dealkylation sites (tertiary alicyclic amines) is 1. The highest BCUT2D eigenvalue weighted by Gasteiger charge is 2.33. The van der Waals surface area contributed by atoms with Crippen LogP contribution in [0.25, 0.3) is 0 Å². The number of aliphatic hydroxyl groups excluding tert-OH is 1. The molecule has 0 saturated carbocycles. The van der Waals surface area contributed by atoms with Gasteiger partial charge in [-0.1, -0.05) is 18.2 Å². The molecular weight excluding hydrogens is 267 g/mol. The number of halogens is 3. The Hall–Kier alpha value is -1.07. The van der Waals surface area contributed by atoms with Crippen LogP contribution in [0.15, 0.2) is 24.3 Å². The van der Waals surface area contributed by atoms with Crippen LogP contribution in [-0.2, 0) is 12.7 Å². The van der Waals surface area contributed by atoms with Crippen LogP contribution in [-0.4, -0.2) is 29.2 Å². The van der Waals surface area contributed by atoms with E-state index < -0.39 is 11.7 Å². The van der Waals surface area contributed by atoms with Crippen molar-refractivity contribution in [2.24, 2.45) is 5.92 Å². The van der Waals surface area contributed by atoms with Crippen LogP contribution >= 0.6 is 0 Å². The van der Waals surface area contributed by atoms with Gasteiger partial charge in [0.2, 0.25) is 0 Å². The van der Waals surface area contributed by atoms with E-state index in [1.54, 1.807) is 19.1 Å². The lowest BCUT2D eigenvalue weighted by atomic mass is 9.92. The van der Waals surface area contributed by atoms with Gasteiger partial charge in [0.15, 0.2) is 0 Å². The smallest absolute Gasteiger partial charge is 0.393 e. The third-order valence-electron chi connectivity index (χ3n) is 4.03. The highest BCUT2D eigenvalue weighted by molar-refractivity contribution is 5.29. The number of benzene rings is 1. The quantitative estimate of drug-likeness (QED) is 0.922. The molecule has 0 amide bonds. The predicted molar refractivity (Wildman–Crippen MR) is 71.1 cm³/mol. The van der Waals surface area contributed by atoms with Crippen LogP contribution in [0.4, 0.5) is 13.2 Å². The number of aliphatic hydroxyl groups is 1. The molecule has 1 aliphatic heterocycles. The Morgan fingerprint density at radius 1 is 1.25 bits per heavy atom. The van der Waals surface area contributed by atoms with Gasteiger partial charge in [-0.3, -0.25) is 4.90 Å². The van der Waals surface area contributed by atoms with E-state index in [0.29, 0.717) is 12.1 Å². The van der Waals surface area contributed by atoms with Crippen LogP contribution in [0.3, 0.4) is 0 Å². The lowest BCUT2D eigenvalue weighted by molar-refractivity contribution is -0.138. The van der Waals surface area contributed by atoms with Gasteiger partial charge in [-0.05, 0) is 50.4 Å². The summed E-state index contributed by atoms with van der Waals surface area (Å²) in [5.41, 5.74) is -0.215. The molecule has 2 nitrogen and oxygen atoms in total. The second kappa shape index (κ2) is 6.14. The molecule has 1 heterocycles. The van der Waals surface area contributed by atoms with Crippen LogP contribution < -0.4 is 0 Å². The summed E-state index contributed by atoms with van der Waals surface area (Å²) < 4.78 is 38.8. The predicted octanol–water partition coefficient (Wildman–Crippen LogP) is 3.30. The molecule has 1 saturated heterocycles. The highest BCUT2D eigenvalue weighted by atomic mass is 19.4. The zero-order chi connectivity index (χ0) is 14.8. The zero-order valence-electron chi connectivity index (χ0n) is 11.5. The van der Waals surface area contributed by atoms with Crippen LogP contribution in [0, 0.1) is 5.92 Å². The maximum absolute atomic E-state index is 12.9. The Labute approximate surface area is 117 Å². The van der Waals surface area contributed by atoms with Gasteiger partial charge in [-0.25, -0.2) is 0 Å². The maximum atomic E-state index is 12.9. The maximum Gasteiger partial charge on any atom is 0.416 e. The third-order valence-corrected chi connectivity index (χ3v) is 4.03. The van der Waals surface area contributed by atoms with Crippen molar-refractivity contribution >= 4 is 0 Å². The highest BCUT2D eigenvalue weighted by Crippen LogP contribution is 2.33. The summed E-state index contributed by atoms with van der Waals surface area (Å²) in [6, 6.07) is 5.75. The Bertz CT molecular complexity index is 437. The number of alkyl halides is 3. The second-order valence-electron chi connectivity index (χ2n) is 5.51. The minimum atomic E-state index is -4.30. The molecule has 0 radical (unpaired) electrons. The molecular formula is C15H20F3NO. The number of hydrogen-bond donors (Lipinski definition) is 1. The number of nitrogens with zero attached hydrogens (tertiary/aromatic N) is 1. The first-order chi connectivity index (χ1) is 9.38. The molecule has 1 fully saturated rings. The van der Waals surface area contributed by atoms with Crippen LogP contribution in [0.5, 0.6) is 0 Å².